The Labute approximate surface area is 117 Å². The van der Waals surface area contributed by atoms with Gasteiger partial charge in [0.2, 0.25) is 0 Å². The Morgan fingerprint density at radius 1 is 1.32 bits per heavy atom. The number of nitrogens with zero attached hydrogens (tertiary/aromatic N) is 2. The predicted molar refractivity (Wildman–Crippen MR) is 83.4 cm³/mol. The highest BCUT2D eigenvalue weighted by molar-refractivity contribution is 5.47. The normalized spacial score (nSPS) is 10.5. The van der Waals surface area contributed by atoms with E-state index in [2.05, 4.69) is 48.3 Å². The highest BCUT2D eigenvalue weighted by Gasteiger charge is 2.09. The van der Waals surface area contributed by atoms with Gasteiger partial charge in [0.1, 0.15) is 5.82 Å². The Balaban J connectivity index is 2.80. The van der Waals surface area contributed by atoms with E-state index in [0.29, 0.717) is 5.92 Å². The molecule has 19 heavy (non-hydrogen) atoms. The molecule has 1 N–H and O–H groups in total. The maximum Gasteiger partial charge on any atom is 0.133 e. The Bertz CT molecular complexity index is 389. The molecule has 104 valence electrons. The van der Waals surface area contributed by atoms with Crippen LogP contribution in [0.25, 0.3) is 0 Å². The number of anilines is 1. The SMILES string of the molecule is C=CCN(CC=C)c1ncccc1CNCC(C)C. The van der Waals surface area contributed by atoms with Crippen molar-refractivity contribution in [2.24, 2.45) is 5.92 Å². The first kappa shape index (κ1) is 15.4. The highest BCUT2D eigenvalue weighted by Crippen LogP contribution is 2.17. The molecule has 0 radical (unpaired) electrons. The zero-order chi connectivity index (χ0) is 14.1. The predicted octanol–water partition coefficient (Wildman–Crippen LogP) is 3.01. The van der Waals surface area contributed by atoms with E-state index < -0.39 is 0 Å². The highest BCUT2D eigenvalue weighted by atomic mass is 15.2. The molecule has 0 aliphatic rings. The lowest BCUT2D eigenvalue weighted by molar-refractivity contribution is 0.551. The summed E-state index contributed by atoms with van der Waals surface area (Å²) in [6.07, 6.45) is 5.62. The van der Waals surface area contributed by atoms with Gasteiger partial charge in [-0.05, 0) is 18.5 Å². The molecule has 0 aliphatic heterocycles. The summed E-state index contributed by atoms with van der Waals surface area (Å²) in [5, 5.41) is 3.46. The fourth-order valence-corrected chi connectivity index (χ4v) is 1.91. The summed E-state index contributed by atoms with van der Waals surface area (Å²) in [6, 6.07) is 4.10. The van der Waals surface area contributed by atoms with Crippen LogP contribution in [0.3, 0.4) is 0 Å². The number of hydrogen-bond acceptors (Lipinski definition) is 3. The van der Waals surface area contributed by atoms with Crippen molar-refractivity contribution in [3.8, 4) is 0 Å². The number of hydrogen-bond donors (Lipinski definition) is 1. The molecule has 3 heteroatoms. The third kappa shape index (κ3) is 5.26. The molecule has 0 bridgehead atoms. The van der Waals surface area contributed by atoms with E-state index in [4.69, 9.17) is 0 Å². The van der Waals surface area contributed by atoms with Gasteiger partial charge in [-0.25, -0.2) is 4.98 Å². The van der Waals surface area contributed by atoms with Gasteiger partial charge in [0.25, 0.3) is 0 Å². The molecule has 0 unspecified atom stereocenters. The lowest BCUT2D eigenvalue weighted by atomic mass is 10.2. The minimum atomic E-state index is 0.651. The van der Waals surface area contributed by atoms with Crippen molar-refractivity contribution in [2.45, 2.75) is 20.4 Å². The monoisotopic (exact) mass is 259 g/mol. The summed E-state index contributed by atoms with van der Waals surface area (Å²) >= 11 is 0. The number of pyridine rings is 1. The van der Waals surface area contributed by atoms with E-state index in [9.17, 15) is 0 Å². The van der Waals surface area contributed by atoms with Crippen LogP contribution in [-0.4, -0.2) is 24.6 Å². The first-order chi connectivity index (χ1) is 9.19. The molecule has 0 aromatic carbocycles. The van der Waals surface area contributed by atoms with E-state index in [1.807, 2.05) is 24.4 Å². The lowest BCUT2D eigenvalue weighted by Crippen LogP contribution is -2.27. The Kier molecular flexibility index (Phi) is 6.90. The average Bonchev–Trinajstić information content (AvgIpc) is 2.39. The number of aromatic nitrogens is 1. The van der Waals surface area contributed by atoms with E-state index in [1.165, 1.54) is 5.56 Å². The largest absolute Gasteiger partial charge is 0.349 e. The minimum absolute atomic E-state index is 0.651. The Morgan fingerprint density at radius 2 is 2.00 bits per heavy atom. The first-order valence-corrected chi connectivity index (χ1v) is 6.80. The van der Waals surface area contributed by atoms with E-state index in [1.54, 1.807) is 0 Å². The average molecular weight is 259 g/mol. The molecular formula is C16H25N3. The zero-order valence-electron chi connectivity index (χ0n) is 12.1. The van der Waals surface area contributed by atoms with Crippen molar-refractivity contribution in [3.63, 3.8) is 0 Å². The van der Waals surface area contributed by atoms with E-state index in [-0.39, 0.29) is 0 Å². The van der Waals surface area contributed by atoms with Crippen LogP contribution in [0.5, 0.6) is 0 Å². The minimum Gasteiger partial charge on any atom is -0.349 e. The lowest BCUT2D eigenvalue weighted by Gasteiger charge is -2.23. The second-order valence-electron chi connectivity index (χ2n) is 4.99. The fourth-order valence-electron chi connectivity index (χ4n) is 1.91. The van der Waals surface area contributed by atoms with Crippen molar-refractivity contribution >= 4 is 5.82 Å². The van der Waals surface area contributed by atoms with Crippen molar-refractivity contribution in [1.29, 1.82) is 0 Å². The Morgan fingerprint density at radius 3 is 2.58 bits per heavy atom. The molecule has 3 nitrogen and oxygen atoms in total. The van der Waals surface area contributed by atoms with Gasteiger partial charge in [-0.3, -0.25) is 0 Å². The van der Waals surface area contributed by atoms with Crippen LogP contribution in [0, 0.1) is 5.92 Å². The van der Waals surface area contributed by atoms with Gasteiger partial charge in [0, 0.05) is 31.4 Å². The van der Waals surface area contributed by atoms with Gasteiger partial charge in [-0.1, -0.05) is 32.1 Å². The fraction of sp³-hybridized carbons (Fsp3) is 0.438. The molecule has 0 saturated heterocycles. The molecule has 0 amide bonds. The molecule has 1 rings (SSSR count). The van der Waals surface area contributed by atoms with Crippen molar-refractivity contribution in [2.75, 3.05) is 24.5 Å². The smallest absolute Gasteiger partial charge is 0.133 e. The molecule has 0 atom stereocenters. The maximum atomic E-state index is 4.50. The quantitative estimate of drug-likeness (QED) is 0.691. The maximum absolute atomic E-state index is 4.50. The van der Waals surface area contributed by atoms with Crippen LogP contribution in [0.4, 0.5) is 5.82 Å². The zero-order valence-corrected chi connectivity index (χ0v) is 12.1. The van der Waals surface area contributed by atoms with Crippen LogP contribution in [0.2, 0.25) is 0 Å². The van der Waals surface area contributed by atoms with E-state index >= 15 is 0 Å². The van der Waals surface area contributed by atoms with Crippen LogP contribution in [0.1, 0.15) is 19.4 Å². The van der Waals surface area contributed by atoms with Crippen LogP contribution in [-0.2, 0) is 6.54 Å². The molecular weight excluding hydrogens is 234 g/mol. The number of rotatable bonds is 9. The van der Waals surface area contributed by atoms with Crippen molar-refractivity contribution < 1.29 is 0 Å². The third-order valence-corrected chi connectivity index (χ3v) is 2.73. The second-order valence-corrected chi connectivity index (χ2v) is 4.99. The van der Waals surface area contributed by atoms with Gasteiger partial charge in [0.15, 0.2) is 0 Å². The van der Waals surface area contributed by atoms with Crippen LogP contribution in [0.15, 0.2) is 43.6 Å². The molecule has 1 aromatic heterocycles. The van der Waals surface area contributed by atoms with Gasteiger partial charge < -0.3 is 10.2 Å². The summed E-state index contributed by atoms with van der Waals surface area (Å²) < 4.78 is 0. The Hall–Kier alpha value is -1.61. The third-order valence-electron chi connectivity index (χ3n) is 2.73. The summed E-state index contributed by atoms with van der Waals surface area (Å²) in [7, 11) is 0. The number of nitrogens with one attached hydrogen (secondary N) is 1. The molecule has 1 heterocycles. The van der Waals surface area contributed by atoms with E-state index in [0.717, 1.165) is 32.0 Å². The standard InChI is InChI=1S/C16H25N3/c1-5-10-19(11-6-2)16-15(8-7-9-18-16)13-17-12-14(3)4/h5-9,14,17H,1-2,10-13H2,3-4H3. The summed E-state index contributed by atoms with van der Waals surface area (Å²) in [5.41, 5.74) is 1.21. The summed E-state index contributed by atoms with van der Waals surface area (Å²) in [6.45, 7) is 15.4. The molecule has 0 aliphatic carbocycles. The van der Waals surface area contributed by atoms with Crippen LogP contribution >= 0.6 is 0 Å². The molecule has 1 aromatic rings. The van der Waals surface area contributed by atoms with Gasteiger partial charge >= 0.3 is 0 Å². The topological polar surface area (TPSA) is 28.2 Å². The molecule has 0 saturated carbocycles. The van der Waals surface area contributed by atoms with Crippen molar-refractivity contribution in [3.05, 3.63) is 49.2 Å². The van der Waals surface area contributed by atoms with Crippen LogP contribution < -0.4 is 10.2 Å². The second kappa shape index (κ2) is 8.48. The summed E-state index contributed by atoms with van der Waals surface area (Å²) in [5.74, 6) is 1.66. The molecule has 0 fully saturated rings. The summed E-state index contributed by atoms with van der Waals surface area (Å²) in [4.78, 5) is 6.68. The first-order valence-electron chi connectivity index (χ1n) is 6.80. The molecule has 0 spiro atoms. The van der Waals surface area contributed by atoms with Gasteiger partial charge in [-0.2, -0.15) is 0 Å². The van der Waals surface area contributed by atoms with Crippen molar-refractivity contribution in [1.82, 2.24) is 10.3 Å². The van der Waals surface area contributed by atoms with Gasteiger partial charge in [-0.15, -0.1) is 13.2 Å². The van der Waals surface area contributed by atoms with Gasteiger partial charge in [0.05, 0.1) is 0 Å².